The molecule has 0 aromatic heterocycles. The standard InChI is InChI=1S/C17H16N4O4S/c1-11(22)20(2)14-7-4-6-13(10-14)18-17(26)19-16(23)12-5-3-8-15(9-12)21(24)25/h3-10H,1-2H3,(H2,18,19,23,26). The molecular formula is C17H16N4O4S. The molecule has 2 aromatic carbocycles. The highest BCUT2D eigenvalue weighted by Crippen LogP contribution is 2.18. The van der Waals surface area contributed by atoms with Crippen molar-refractivity contribution >= 4 is 46.2 Å². The third-order valence-corrected chi connectivity index (χ3v) is 3.71. The van der Waals surface area contributed by atoms with Crippen LogP contribution in [0.5, 0.6) is 0 Å². The van der Waals surface area contributed by atoms with E-state index in [4.69, 9.17) is 12.2 Å². The minimum Gasteiger partial charge on any atom is -0.332 e. The summed E-state index contributed by atoms with van der Waals surface area (Å²) in [6.07, 6.45) is 0. The fraction of sp³-hybridized carbons (Fsp3) is 0.118. The van der Waals surface area contributed by atoms with E-state index in [1.807, 2.05) is 0 Å². The summed E-state index contributed by atoms with van der Waals surface area (Å²) in [5.74, 6) is -0.688. The highest BCUT2D eigenvalue weighted by atomic mass is 32.1. The number of carbonyl (C=O) groups is 2. The van der Waals surface area contributed by atoms with E-state index in [2.05, 4.69) is 10.6 Å². The molecule has 2 rings (SSSR count). The lowest BCUT2D eigenvalue weighted by Gasteiger charge is -2.16. The number of nitrogens with zero attached hydrogens (tertiary/aromatic N) is 2. The molecule has 0 fully saturated rings. The summed E-state index contributed by atoms with van der Waals surface area (Å²) < 4.78 is 0. The normalized spacial score (nSPS) is 9.92. The number of rotatable bonds is 4. The lowest BCUT2D eigenvalue weighted by atomic mass is 10.2. The monoisotopic (exact) mass is 372 g/mol. The van der Waals surface area contributed by atoms with E-state index < -0.39 is 10.8 Å². The second kappa shape index (κ2) is 8.17. The van der Waals surface area contributed by atoms with Gasteiger partial charge in [0.2, 0.25) is 5.91 Å². The molecule has 9 heteroatoms. The summed E-state index contributed by atoms with van der Waals surface area (Å²) in [6.45, 7) is 1.45. The Morgan fingerprint density at radius 1 is 1.15 bits per heavy atom. The van der Waals surface area contributed by atoms with Crippen LogP contribution in [0.3, 0.4) is 0 Å². The van der Waals surface area contributed by atoms with Gasteiger partial charge >= 0.3 is 0 Å². The zero-order chi connectivity index (χ0) is 19.3. The number of hydrogen-bond donors (Lipinski definition) is 2. The van der Waals surface area contributed by atoms with Crippen molar-refractivity contribution in [1.82, 2.24) is 5.32 Å². The van der Waals surface area contributed by atoms with Crippen LogP contribution in [-0.2, 0) is 4.79 Å². The lowest BCUT2D eigenvalue weighted by Crippen LogP contribution is -2.34. The number of non-ortho nitro benzene ring substituents is 1. The number of amides is 2. The second-order valence-electron chi connectivity index (χ2n) is 5.34. The van der Waals surface area contributed by atoms with Crippen LogP contribution >= 0.6 is 12.2 Å². The molecule has 0 atom stereocenters. The van der Waals surface area contributed by atoms with Gasteiger partial charge in [-0.25, -0.2) is 0 Å². The fourth-order valence-corrected chi connectivity index (χ4v) is 2.28. The van der Waals surface area contributed by atoms with Crippen molar-refractivity contribution in [2.45, 2.75) is 6.92 Å². The molecule has 0 aliphatic rings. The van der Waals surface area contributed by atoms with Crippen LogP contribution in [0, 0.1) is 10.1 Å². The van der Waals surface area contributed by atoms with Crippen molar-refractivity contribution in [3.8, 4) is 0 Å². The SMILES string of the molecule is CC(=O)N(C)c1cccc(NC(=S)NC(=O)c2cccc([N+](=O)[O-])c2)c1. The molecule has 2 N–H and O–H groups in total. The summed E-state index contributed by atoms with van der Waals surface area (Å²) in [7, 11) is 1.64. The van der Waals surface area contributed by atoms with Crippen molar-refractivity contribution in [2.75, 3.05) is 17.3 Å². The molecule has 0 saturated carbocycles. The van der Waals surface area contributed by atoms with Gasteiger partial charge in [-0.3, -0.25) is 25.0 Å². The maximum absolute atomic E-state index is 12.2. The van der Waals surface area contributed by atoms with Gasteiger partial charge in [-0.05, 0) is 36.5 Å². The maximum Gasteiger partial charge on any atom is 0.270 e. The first-order valence-corrected chi connectivity index (χ1v) is 7.90. The summed E-state index contributed by atoms with van der Waals surface area (Å²) >= 11 is 5.10. The van der Waals surface area contributed by atoms with Gasteiger partial charge in [-0.2, -0.15) is 0 Å². The predicted octanol–water partition coefficient (Wildman–Crippen LogP) is 2.70. The molecule has 134 valence electrons. The van der Waals surface area contributed by atoms with Crippen molar-refractivity contribution < 1.29 is 14.5 Å². The molecule has 8 nitrogen and oxygen atoms in total. The first-order chi connectivity index (χ1) is 12.3. The molecule has 0 bridgehead atoms. The van der Waals surface area contributed by atoms with E-state index >= 15 is 0 Å². The number of carbonyl (C=O) groups excluding carboxylic acids is 2. The van der Waals surface area contributed by atoms with E-state index in [9.17, 15) is 19.7 Å². The zero-order valence-electron chi connectivity index (χ0n) is 14.1. The van der Waals surface area contributed by atoms with Gasteiger partial charge in [0, 0.05) is 43.0 Å². The van der Waals surface area contributed by atoms with Crippen molar-refractivity contribution in [3.05, 3.63) is 64.2 Å². The highest BCUT2D eigenvalue weighted by Gasteiger charge is 2.13. The van der Waals surface area contributed by atoms with Gasteiger partial charge in [0.25, 0.3) is 11.6 Å². The van der Waals surface area contributed by atoms with Crippen LogP contribution in [0.1, 0.15) is 17.3 Å². The smallest absolute Gasteiger partial charge is 0.270 e. The highest BCUT2D eigenvalue weighted by molar-refractivity contribution is 7.80. The van der Waals surface area contributed by atoms with E-state index in [1.165, 1.54) is 36.1 Å². The van der Waals surface area contributed by atoms with Crippen molar-refractivity contribution in [2.24, 2.45) is 0 Å². The minimum atomic E-state index is -0.579. The largest absolute Gasteiger partial charge is 0.332 e. The number of nitrogens with one attached hydrogen (secondary N) is 2. The molecule has 0 heterocycles. The average molecular weight is 372 g/mol. The molecule has 0 aliphatic carbocycles. The van der Waals surface area contributed by atoms with Crippen LogP contribution in [0.15, 0.2) is 48.5 Å². The number of hydrogen-bond acceptors (Lipinski definition) is 5. The van der Waals surface area contributed by atoms with Gasteiger partial charge in [-0.15, -0.1) is 0 Å². The number of thiocarbonyl (C=S) groups is 1. The van der Waals surface area contributed by atoms with Gasteiger partial charge in [-0.1, -0.05) is 12.1 Å². The first-order valence-electron chi connectivity index (χ1n) is 7.49. The third kappa shape index (κ3) is 4.84. The quantitative estimate of drug-likeness (QED) is 0.486. The zero-order valence-corrected chi connectivity index (χ0v) is 14.9. The molecule has 0 aliphatic heterocycles. The Kier molecular flexibility index (Phi) is 5.97. The summed E-state index contributed by atoms with van der Waals surface area (Å²) in [5, 5.41) is 16.1. The Hall–Kier alpha value is -3.33. The number of benzene rings is 2. The molecule has 2 aromatic rings. The van der Waals surface area contributed by atoms with Gasteiger partial charge in [0.15, 0.2) is 5.11 Å². The maximum atomic E-state index is 12.2. The molecule has 0 saturated heterocycles. The Labute approximate surface area is 155 Å². The summed E-state index contributed by atoms with van der Waals surface area (Å²) in [4.78, 5) is 35.3. The number of anilines is 2. The van der Waals surface area contributed by atoms with E-state index in [-0.39, 0.29) is 22.3 Å². The molecule has 0 spiro atoms. The minimum absolute atomic E-state index is 0.0316. The second-order valence-corrected chi connectivity index (χ2v) is 5.75. The molecular weight excluding hydrogens is 356 g/mol. The van der Waals surface area contributed by atoms with Gasteiger partial charge in [0.1, 0.15) is 0 Å². The van der Waals surface area contributed by atoms with Crippen molar-refractivity contribution in [3.63, 3.8) is 0 Å². The Morgan fingerprint density at radius 2 is 1.85 bits per heavy atom. The molecule has 26 heavy (non-hydrogen) atoms. The average Bonchev–Trinajstić information content (AvgIpc) is 2.61. The topological polar surface area (TPSA) is 105 Å². The Morgan fingerprint density at radius 3 is 2.50 bits per heavy atom. The molecule has 0 radical (unpaired) electrons. The van der Waals surface area contributed by atoms with Crippen LogP contribution in [0.4, 0.5) is 17.1 Å². The van der Waals surface area contributed by atoms with Gasteiger partial charge in [0.05, 0.1) is 4.92 Å². The fourth-order valence-electron chi connectivity index (χ4n) is 2.07. The summed E-state index contributed by atoms with van der Waals surface area (Å²) in [5.41, 5.74) is 1.18. The lowest BCUT2D eigenvalue weighted by molar-refractivity contribution is -0.384. The Bertz CT molecular complexity index is 885. The van der Waals surface area contributed by atoms with Crippen molar-refractivity contribution in [1.29, 1.82) is 0 Å². The number of nitro benzene ring substituents is 1. The summed E-state index contributed by atoms with van der Waals surface area (Å²) in [6, 6.07) is 12.3. The van der Waals surface area contributed by atoms with Crippen LogP contribution in [0.2, 0.25) is 0 Å². The van der Waals surface area contributed by atoms with Gasteiger partial charge < -0.3 is 10.2 Å². The third-order valence-electron chi connectivity index (χ3n) is 3.51. The first kappa shape index (κ1) is 19.0. The molecule has 2 amide bonds. The molecule has 0 unspecified atom stereocenters. The van der Waals surface area contributed by atoms with Crippen LogP contribution in [0.25, 0.3) is 0 Å². The van der Waals surface area contributed by atoms with E-state index in [0.717, 1.165) is 0 Å². The number of nitro groups is 1. The van der Waals surface area contributed by atoms with Crippen LogP contribution in [-0.4, -0.2) is 28.9 Å². The van der Waals surface area contributed by atoms with Crippen LogP contribution < -0.4 is 15.5 Å². The van der Waals surface area contributed by atoms with E-state index in [1.54, 1.807) is 31.3 Å². The Balaban J connectivity index is 2.06. The van der Waals surface area contributed by atoms with E-state index in [0.29, 0.717) is 11.4 Å². The predicted molar refractivity (Wildman–Crippen MR) is 102 cm³/mol.